The highest BCUT2D eigenvalue weighted by Crippen LogP contribution is 2.29. The van der Waals surface area contributed by atoms with Gasteiger partial charge in [-0.05, 0) is 24.0 Å². The molecule has 2 heterocycles. The van der Waals surface area contributed by atoms with Crippen molar-refractivity contribution >= 4 is 6.29 Å². The largest absolute Gasteiger partial charge is 0.368 e. The molecule has 4 rings (SSSR count). The monoisotopic (exact) mass is 384 g/mol. The number of carbonyl (C=O) groups excluding carboxylic acids is 1. The fourth-order valence-electron chi connectivity index (χ4n) is 2.71. The lowest BCUT2D eigenvalue weighted by atomic mass is 10.1. The average molecular weight is 385 g/mol. The van der Waals surface area contributed by atoms with Gasteiger partial charge in [0.05, 0.1) is 13.2 Å². The Bertz CT molecular complexity index is 640. The number of carbonyl (C=O) groups is 1. The van der Waals surface area contributed by atoms with E-state index < -0.39 is 0 Å². The van der Waals surface area contributed by atoms with Gasteiger partial charge in [-0.3, -0.25) is 0 Å². The molecular weight excluding hydrogens is 352 g/mol. The first-order valence-corrected chi connectivity index (χ1v) is 10.2. The molecule has 0 bridgehead atoms. The normalized spacial score (nSPS) is 22.3. The van der Waals surface area contributed by atoms with Crippen LogP contribution in [0.25, 0.3) is 0 Å². The van der Waals surface area contributed by atoms with Gasteiger partial charge in [0, 0.05) is 6.42 Å². The first kappa shape index (κ1) is 22.3. The summed E-state index contributed by atoms with van der Waals surface area (Å²) in [5, 5.41) is 0. The van der Waals surface area contributed by atoms with E-state index in [0.717, 1.165) is 32.2 Å². The first-order valence-electron chi connectivity index (χ1n) is 10.2. The van der Waals surface area contributed by atoms with Crippen molar-refractivity contribution in [2.45, 2.75) is 58.0 Å². The highest BCUT2D eigenvalue weighted by Gasteiger charge is 2.26. The molecule has 0 aliphatic carbocycles. The van der Waals surface area contributed by atoms with Gasteiger partial charge in [0.1, 0.15) is 18.5 Å². The van der Waals surface area contributed by atoms with Crippen LogP contribution in [0.1, 0.15) is 62.9 Å². The summed E-state index contributed by atoms with van der Waals surface area (Å²) in [6, 6.07) is 20.5. The molecule has 0 saturated carbocycles. The third kappa shape index (κ3) is 8.34. The molecule has 4 nitrogen and oxygen atoms in total. The predicted octanol–water partition coefficient (Wildman–Crippen LogP) is 5.64. The summed E-state index contributed by atoms with van der Waals surface area (Å²) in [5.74, 6) is 0. The van der Waals surface area contributed by atoms with Crippen molar-refractivity contribution in [3.05, 3.63) is 71.8 Å². The van der Waals surface area contributed by atoms with E-state index in [1.54, 1.807) is 0 Å². The molecule has 2 aromatic rings. The Labute approximate surface area is 168 Å². The molecule has 3 atom stereocenters. The Hall–Kier alpha value is -2.01. The maximum Gasteiger partial charge on any atom is 0.158 e. The van der Waals surface area contributed by atoms with Crippen molar-refractivity contribution in [1.29, 1.82) is 0 Å². The summed E-state index contributed by atoms with van der Waals surface area (Å²) < 4.78 is 16.4. The quantitative estimate of drug-likeness (QED) is 0.477. The van der Waals surface area contributed by atoms with E-state index in [-0.39, 0.29) is 12.4 Å². The van der Waals surface area contributed by atoms with Crippen molar-refractivity contribution in [2.75, 3.05) is 13.2 Å². The zero-order valence-electron chi connectivity index (χ0n) is 17.0. The molecule has 0 radical (unpaired) electrons. The molecular formula is C24H32O4. The van der Waals surface area contributed by atoms with Crippen molar-refractivity contribution in [2.24, 2.45) is 0 Å². The van der Waals surface area contributed by atoms with Crippen molar-refractivity contribution in [3.63, 3.8) is 0 Å². The minimum atomic E-state index is 0.00482. The minimum absolute atomic E-state index is 0.00482. The number of hydrogen-bond donors (Lipinski definition) is 0. The number of hydrogen-bond acceptors (Lipinski definition) is 4. The van der Waals surface area contributed by atoms with E-state index in [2.05, 4.69) is 31.2 Å². The second kappa shape index (κ2) is 13.2. The van der Waals surface area contributed by atoms with Crippen molar-refractivity contribution in [3.8, 4) is 0 Å². The van der Waals surface area contributed by atoms with Gasteiger partial charge in [0.2, 0.25) is 0 Å². The van der Waals surface area contributed by atoms with Crippen molar-refractivity contribution < 1.29 is 19.0 Å². The maximum atomic E-state index is 9.40. The summed E-state index contributed by atoms with van der Waals surface area (Å²) in [6.07, 6.45) is 5.25. The predicted molar refractivity (Wildman–Crippen MR) is 111 cm³/mol. The third-order valence-corrected chi connectivity index (χ3v) is 4.36. The van der Waals surface area contributed by atoms with Gasteiger partial charge in [-0.2, -0.15) is 0 Å². The lowest BCUT2D eigenvalue weighted by molar-refractivity contribution is -0.107. The van der Waals surface area contributed by atoms with Crippen LogP contribution in [0.3, 0.4) is 0 Å². The van der Waals surface area contributed by atoms with Gasteiger partial charge in [0.15, 0.2) is 6.29 Å². The van der Waals surface area contributed by atoms with E-state index in [4.69, 9.17) is 14.2 Å². The summed E-state index contributed by atoms with van der Waals surface area (Å²) in [7, 11) is 0. The van der Waals surface area contributed by atoms with E-state index >= 15 is 0 Å². The van der Waals surface area contributed by atoms with E-state index in [1.807, 2.05) is 43.3 Å². The van der Waals surface area contributed by atoms with E-state index in [9.17, 15) is 4.79 Å². The number of benzene rings is 2. The fraction of sp³-hybridized carbons (Fsp3) is 0.458. The lowest BCUT2D eigenvalue weighted by Gasteiger charge is -2.10. The lowest BCUT2D eigenvalue weighted by Crippen LogP contribution is -2.06. The number of ether oxygens (including phenoxy) is 3. The van der Waals surface area contributed by atoms with Crippen LogP contribution in [0.2, 0.25) is 0 Å². The zero-order valence-corrected chi connectivity index (χ0v) is 17.0. The molecule has 3 unspecified atom stereocenters. The molecule has 0 amide bonds. The highest BCUT2D eigenvalue weighted by molar-refractivity contribution is 5.48. The minimum Gasteiger partial charge on any atom is -0.368 e. The van der Waals surface area contributed by atoms with Crippen LogP contribution in [0.4, 0.5) is 0 Å². The van der Waals surface area contributed by atoms with Crippen LogP contribution in [-0.2, 0) is 19.0 Å². The summed E-state index contributed by atoms with van der Waals surface area (Å²) >= 11 is 0. The summed E-state index contributed by atoms with van der Waals surface area (Å²) in [4.78, 5) is 9.40. The van der Waals surface area contributed by atoms with Crippen molar-refractivity contribution in [1.82, 2.24) is 0 Å². The number of epoxide rings is 1. The molecule has 4 heteroatoms. The van der Waals surface area contributed by atoms with Crippen LogP contribution >= 0.6 is 0 Å². The van der Waals surface area contributed by atoms with Gasteiger partial charge in [-0.1, -0.05) is 80.9 Å². The van der Waals surface area contributed by atoms with Crippen LogP contribution < -0.4 is 0 Å². The Morgan fingerprint density at radius 3 is 1.82 bits per heavy atom. The molecule has 152 valence electrons. The standard InChI is InChI=1S/C12H16O2.C8H8O.C4H8O/c1-2-6-12-13-9-11(14-12)10-7-4-3-5-8-10;1-2-4-7(5-3-1)8-6-9-8;1-2-3-4-5/h3-5,7-8,11-12H,2,6,9H2,1H3;1-5,8H,6H2;4H,2-3H2,1H3. The number of aldehydes is 1. The second-order valence-electron chi connectivity index (χ2n) is 6.77. The molecule has 2 aliphatic heterocycles. The molecule has 2 aromatic carbocycles. The van der Waals surface area contributed by atoms with Crippen LogP contribution in [0.5, 0.6) is 0 Å². The Balaban J connectivity index is 0.000000171. The number of rotatable bonds is 6. The molecule has 2 saturated heterocycles. The first-order chi connectivity index (χ1) is 13.8. The third-order valence-electron chi connectivity index (χ3n) is 4.36. The summed E-state index contributed by atoms with van der Waals surface area (Å²) in [6.45, 7) is 5.72. The second-order valence-corrected chi connectivity index (χ2v) is 6.77. The molecule has 0 N–H and O–H groups in total. The fourth-order valence-corrected chi connectivity index (χ4v) is 2.71. The Morgan fingerprint density at radius 1 is 0.821 bits per heavy atom. The van der Waals surface area contributed by atoms with Gasteiger partial charge in [-0.25, -0.2) is 0 Å². The van der Waals surface area contributed by atoms with Crippen LogP contribution in [0, 0.1) is 0 Å². The maximum absolute atomic E-state index is 9.40. The van der Waals surface area contributed by atoms with Gasteiger partial charge < -0.3 is 19.0 Å². The molecule has 2 aliphatic rings. The average Bonchev–Trinajstić information content (AvgIpc) is 3.50. The van der Waals surface area contributed by atoms with Gasteiger partial charge >= 0.3 is 0 Å². The van der Waals surface area contributed by atoms with Crippen LogP contribution in [-0.4, -0.2) is 25.8 Å². The van der Waals surface area contributed by atoms with Gasteiger partial charge in [0.25, 0.3) is 0 Å². The molecule has 0 spiro atoms. The molecule has 0 aromatic heterocycles. The van der Waals surface area contributed by atoms with E-state index in [1.165, 1.54) is 11.1 Å². The molecule has 2 fully saturated rings. The highest BCUT2D eigenvalue weighted by atomic mass is 16.7. The Morgan fingerprint density at radius 2 is 1.39 bits per heavy atom. The SMILES string of the molecule is CCCC1OCC(c2ccccc2)O1.CCCC=O.c1ccc(C2CO2)cc1. The van der Waals surface area contributed by atoms with E-state index in [0.29, 0.717) is 19.1 Å². The Kier molecular flexibility index (Phi) is 10.5. The summed E-state index contributed by atoms with van der Waals surface area (Å²) in [5.41, 5.74) is 2.52. The van der Waals surface area contributed by atoms with Crippen LogP contribution in [0.15, 0.2) is 60.7 Å². The zero-order chi connectivity index (χ0) is 20.0. The smallest absolute Gasteiger partial charge is 0.158 e. The topological polar surface area (TPSA) is 48.1 Å². The number of unbranched alkanes of at least 4 members (excludes halogenated alkanes) is 1. The van der Waals surface area contributed by atoms with Gasteiger partial charge in [-0.15, -0.1) is 0 Å². The molecule has 28 heavy (non-hydrogen) atoms.